The van der Waals surface area contributed by atoms with Gasteiger partial charge in [0.15, 0.2) is 6.61 Å². The number of anilines is 2. The van der Waals surface area contributed by atoms with Crippen molar-refractivity contribution in [2.75, 3.05) is 23.4 Å². The molecule has 0 aliphatic carbocycles. The Hall–Kier alpha value is -2.05. The van der Waals surface area contributed by atoms with Crippen molar-refractivity contribution in [1.29, 1.82) is 0 Å². The van der Waals surface area contributed by atoms with E-state index in [0.717, 1.165) is 4.47 Å². The molecule has 1 heterocycles. The molecule has 0 saturated carbocycles. The lowest BCUT2D eigenvalue weighted by molar-refractivity contribution is -0.123. The lowest BCUT2D eigenvalue weighted by Crippen LogP contribution is -2.43. The average molecular weight is 396 g/mol. The second-order valence-electron chi connectivity index (χ2n) is 4.91. The Morgan fingerprint density at radius 2 is 2.09 bits per heavy atom. The third kappa shape index (κ3) is 3.48. The van der Waals surface area contributed by atoms with Crippen molar-refractivity contribution in [3.05, 3.63) is 52.0 Å². The fourth-order valence-electron chi connectivity index (χ4n) is 2.25. The molecular weight excluding hydrogens is 384 g/mol. The monoisotopic (exact) mass is 394 g/mol. The van der Waals surface area contributed by atoms with E-state index >= 15 is 0 Å². The largest absolute Gasteiger partial charge is 0.482 e. The van der Waals surface area contributed by atoms with Crippen LogP contribution in [0.2, 0.25) is 5.02 Å². The summed E-state index contributed by atoms with van der Waals surface area (Å²) in [5, 5.41) is 3.23. The lowest BCUT2D eigenvalue weighted by atomic mass is 10.2. The van der Waals surface area contributed by atoms with Gasteiger partial charge in [0.05, 0.1) is 10.7 Å². The van der Waals surface area contributed by atoms with E-state index in [9.17, 15) is 9.59 Å². The van der Waals surface area contributed by atoms with Crippen LogP contribution in [0.5, 0.6) is 5.75 Å². The van der Waals surface area contributed by atoms with Gasteiger partial charge >= 0.3 is 0 Å². The second kappa shape index (κ2) is 6.60. The molecule has 0 bridgehead atoms. The van der Waals surface area contributed by atoms with E-state index in [4.69, 9.17) is 16.3 Å². The van der Waals surface area contributed by atoms with Crippen LogP contribution in [0.3, 0.4) is 0 Å². The van der Waals surface area contributed by atoms with Crippen LogP contribution in [0.1, 0.15) is 0 Å². The summed E-state index contributed by atoms with van der Waals surface area (Å²) in [5.74, 6) is 0.0210. The quantitative estimate of drug-likeness (QED) is 0.866. The van der Waals surface area contributed by atoms with Crippen LogP contribution in [0.15, 0.2) is 46.9 Å². The van der Waals surface area contributed by atoms with Crippen LogP contribution < -0.4 is 15.0 Å². The third-order valence-electron chi connectivity index (χ3n) is 3.31. The molecular formula is C16H12BrClN2O3. The molecule has 0 aromatic heterocycles. The lowest BCUT2D eigenvalue weighted by Gasteiger charge is -2.28. The topological polar surface area (TPSA) is 58.6 Å². The Balaban J connectivity index is 1.75. The van der Waals surface area contributed by atoms with Crippen LogP contribution in [0, 0.1) is 0 Å². The van der Waals surface area contributed by atoms with Crippen molar-refractivity contribution < 1.29 is 14.3 Å². The van der Waals surface area contributed by atoms with Crippen LogP contribution >= 0.6 is 27.5 Å². The highest BCUT2D eigenvalue weighted by Crippen LogP contribution is 2.31. The second-order valence-corrected chi connectivity index (χ2v) is 6.17. The van der Waals surface area contributed by atoms with Crippen molar-refractivity contribution >= 4 is 50.7 Å². The van der Waals surface area contributed by atoms with Crippen LogP contribution in [-0.2, 0) is 9.59 Å². The predicted molar refractivity (Wildman–Crippen MR) is 92.1 cm³/mol. The number of amides is 2. The summed E-state index contributed by atoms with van der Waals surface area (Å²) in [6, 6.07) is 12.2. The number of fused-ring (bicyclic) bond motifs is 1. The number of halogens is 2. The molecule has 1 aliphatic heterocycles. The first-order valence-electron chi connectivity index (χ1n) is 6.81. The van der Waals surface area contributed by atoms with Crippen molar-refractivity contribution in [2.45, 2.75) is 0 Å². The summed E-state index contributed by atoms with van der Waals surface area (Å²) in [7, 11) is 0. The Labute approximate surface area is 146 Å². The number of nitrogens with one attached hydrogen (secondary N) is 1. The van der Waals surface area contributed by atoms with E-state index < -0.39 is 0 Å². The predicted octanol–water partition coefficient (Wildman–Crippen LogP) is 3.47. The molecule has 0 unspecified atom stereocenters. The van der Waals surface area contributed by atoms with Crippen molar-refractivity contribution in [2.24, 2.45) is 0 Å². The normalized spacial score (nSPS) is 13.3. The SMILES string of the molecule is O=C(CN1C(=O)COc2ccccc21)Nc1ccc(Br)c(Cl)c1. The number of carbonyl (C=O) groups is 2. The summed E-state index contributed by atoms with van der Waals surface area (Å²) in [6.45, 7) is -0.165. The fourth-order valence-corrected chi connectivity index (χ4v) is 2.67. The van der Waals surface area contributed by atoms with E-state index in [0.29, 0.717) is 22.1 Å². The molecule has 0 atom stereocenters. The number of benzene rings is 2. The van der Waals surface area contributed by atoms with Gasteiger partial charge in [0, 0.05) is 10.2 Å². The average Bonchev–Trinajstić information content (AvgIpc) is 2.54. The molecule has 7 heteroatoms. The summed E-state index contributed by atoms with van der Waals surface area (Å²) in [4.78, 5) is 25.7. The maximum atomic E-state index is 12.2. The van der Waals surface area contributed by atoms with Crippen LogP contribution in [-0.4, -0.2) is 25.0 Å². The van der Waals surface area contributed by atoms with Gasteiger partial charge in [-0.3, -0.25) is 14.5 Å². The van der Waals surface area contributed by atoms with E-state index in [1.165, 1.54) is 4.90 Å². The minimum absolute atomic E-state index is 0.0750. The van der Waals surface area contributed by atoms with E-state index in [1.54, 1.807) is 36.4 Å². The number of hydrogen-bond donors (Lipinski definition) is 1. The standard InChI is InChI=1S/C16H12BrClN2O3/c17-11-6-5-10(7-12(11)18)19-15(21)8-20-13-3-1-2-4-14(13)23-9-16(20)22/h1-7H,8-9H2,(H,19,21). The van der Waals surface area contributed by atoms with Crippen LogP contribution in [0.4, 0.5) is 11.4 Å². The molecule has 0 saturated heterocycles. The van der Waals surface area contributed by atoms with Gasteiger partial charge in [-0.1, -0.05) is 23.7 Å². The minimum atomic E-state index is -0.312. The Kier molecular flexibility index (Phi) is 4.54. The molecule has 23 heavy (non-hydrogen) atoms. The molecule has 2 aromatic carbocycles. The van der Waals surface area contributed by atoms with Gasteiger partial charge < -0.3 is 10.1 Å². The fraction of sp³-hybridized carbons (Fsp3) is 0.125. The van der Waals surface area contributed by atoms with Gasteiger partial charge in [0.25, 0.3) is 5.91 Å². The van der Waals surface area contributed by atoms with Gasteiger partial charge in [-0.25, -0.2) is 0 Å². The van der Waals surface area contributed by atoms with Gasteiger partial charge in [-0.2, -0.15) is 0 Å². The summed E-state index contributed by atoms with van der Waals surface area (Å²) < 4.78 is 6.09. The van der Waals surface area contributed by atoms with Crippen molar-refractivity contribution in [3.63, 3.8) is 0 Å². The number of para-hydroxylation sites is 2. The zero-order valence-electron chi connectivity index (χ0n) is 11.9. The van der Waals surface area contributed by atoms with Gasteiger partial charge in [-0.15, -0.1) is 0 Å². The number of nitrogens with zero attached hydrogens (tertiary/aromatic N) is 1. The zero-order chi connectivity index (χ0) is 16.4. The van der Waals surface area contributed by atoms with E-state index in [1.807, 2.05) is 6.07 Å². The van der Waals surface area contributed by atoms with Crippen molar-refractivity contribution in [3.8, 4) is 5.75 Å². The van der Waals surface area contributed by atoms with Gasteiger partial charge in [-0.05, 0) is 46.3 Å². The number of carbonyl (C=O) groups excluding carboxylic acids is 2. The summed E-state index contributed by atoms with van der Waals surface area (Å²) in [6.07, 6.45) is 0. The molecule has 1 N–H and O–H groups in total. The Morgan fingerprint density at radius 1 is 1.30 bits per heavy atom. The molecule has 0 radical (unpaired) electrons. The maximum absolute atomic E-state index is 12.2. The molecule has 0 spiro atoms. The van der Waals surface area contributed by atoms with E-state index in [-0.39, 0.29) is 25.0 Å². The molecule has 118 valence electrons. The Bertz CT molecular complexity index is 782. The first kappa shape index (κ1) is 15.8. The van der Waals surface area contributed by atoms with Crippen molar-refractivity contribution in [1.82, 2.24) is 0 Å². The summed E-state index contributed by atoms with van der Waals surface area (Å²) >= 11 is 9.29. The number of rotatable bonds is 3. The smallest absolute Gasteiger partial charge is 0.265 e. The highest BCUT2D eigenvalue weighted by atomic mass is 79.9. The molecule has 2 amide bonds. The maximum Gasteiger partial charge on any atom is 0.265 e. The third-order valence-corrected chi connectivity index (χ3v) is 4.55. The van der Waals surface area contributed by atoms with Crippen LogP contribution in [0.25, 0.3) is 0 Å². The Morgan fingerprint density at radius 3 is 2.87 bits per heavy atom. The zero-order valence-corrected chi connectivity index (χ0v) is 14.2. The highest BCUT2D eigenvalue weighted by Gasteiger charge is 2.26. The minimum Gasteiger partial charge on any atom is -0.482 e. The summed E-state index contributed by atoms with van der Waals surface area (Å²) in [5.41, 5.74) is 1.16. The molecule has 0 fully saturated rings. The highest BCUT2D eigenvalue weighted by molar-refractivity contribution is 9.10. The molecule has 3 rings (SSSR count). The number of hydrogen-bond acceptors (Lipinski definition) is 3. The van der Waals surface area contributed by atoms with E-state index in [2.05, 4.69) is 21.2 Å². The first-order valence-corrected chi connectivity index (χ1v) is 7.99. The molecule has 5 nitrogen and oxygen atoms in total. The van der Waals surface area contributed by atoms with Gasteiger partial charge in [0.2, 0.25) is 5.91 Å². The molecule has 1 aliphatic rings. The van der Waals surface area contributed by atoms with Gasteiger partial charge in [0.1, 0.15) is 12.3 Å². The number of ether oxygens (including phenoxy) is 1. The molecule has 2 aromatic rings. The first-order chi connectivity index (χ1) is 11.0.